The zero-order valence-electron chi connectivity index (χ0n) is 13.9. The molecule has 2 aromatic rings. The van der Waals surface area contributed by atoms with Crippen molar-refractivity contribution in [1.29, 1.82) is 0 Å². The van der Waals surface area contributed by atoms with Crippen molar-refractivity contribution in [2.24, 2.45) is 0 Å². The first-order chi connectivity index (χ1) is 11.7. The fourth-order valence-corrected chi connectivity index (χ4v) is 4.07. The average molecular weight is 342 g/mol. The van der Waals surface area contributed by atoms with Gasteiger partial charge < -0.3 is 10.2 Å². The molecule has 2 fully saturated rings. The number of thiazole rings is 1. The third-order valence-electron chi connectivity index (χ3n) is 4.63. The van der Waals surface area contributed by atoms with Gasteiger partial charge in [-0.15, -0.1) is 11.3 Å². The van der Waals surface area contributed by atoms with E-state index in [9.17, 15) is 4.79 Å². The lowest BCUT2D eigenvalue weighted by atomic mass is 9.98. The van der Waals surface area contributed by atoms with E-state index in [0.29, 0.717) is 17.5 Å². The van der Waals surface area contributed by atoms with Crippen molar-refractivity contribution >= 4 is 23.1 Å². The first-order valence-electron chi connectivity index (χ1n) is 8.63. The predicted octanol–water partition coefficient (Wildman–Crippen LogP) is 3.44. The lowest BCUT2D eigenvalue weighted by molar-refractivity contribution is 0.0706. The van der Waals surface area contributed by atoms with E-state index in [4.69, 9.17) is 0 Å². The molecule has 3 heterocycles. The van der Waals surface area contributed by atoms with E-state index < -0.39 is 0 Å². The molecule has 1 atom stereocenters. The third kappa shape index (κ3) is 3.43. The number of rotatable bonds is 4. The minimum atomic E-state index is 0.0819. The largest absolute Gasteiger partial charge is 0.367 e. The number of carbonyl (C=O) groups excluding carboxylic acids is 1. The van der Waals surface area contributed by atoms with E-state index in [2.05, 4.69) is 20.7 Å². The lowest BCUT2D eigenvalue weighted by Crippen LogP contribution is -2.39. The smallest absolute Gasteiger partial charge is 0.255 e. The monoisotopic (exact) mass is 342 g/mol. The van der Waals surface area contributed by atoms with Gasteiger partial charge in [-0.2, -0.15) is 0 Å². The predicted molar refractivity (Wildman–Crippen MR) is 95.6 cm³/mol. The zero-order valence-corrected chi connectivity index (χ0v) is 14.7. The number of pyridine rings is 1. The zero-order chi connectivity index (χ0) is 16.5. The highest BCUT2D eigenvalue weighted by atomic mass is 32.1. The molecule has 6 heteroatoms. The van der Waals surface area contributed by atoms with Crippen LogP contribution in [0.25, 0.3) is 0 Å². The molecule has 0 spiro atoms. The second-order valence-electron chi connectivity index (χ2n) is 6.77. The molecular weight excluding hydrogens is 320 g/mol. The van der Waals surface area contributed by atoms with Crippen molar-refractivity contribution in [2.45, 2.75) is 44.6 Å². The number of likely N-dealkylation sites (tertiary alicyclic amines) is 1. The Morgan fingerprint density at radius 3 is 2.88 bits per heavy atom. The molecule has 2 aliphatic rings. The Kier molecular flexibility index (Phi) is 4.22. The number of hydrogen-bond donors (Lipinski definition) is 1. The Morgan fingerprint density at radius 1 is 1.33 bits per heavy atom. The van der Waals surface area contributed by atoms with Gasteiger partial charge in [0.15, 0.2) is 0 Å². The first kappa shape index (κ1) is 15.6. The van der Waals surface area contributed by atoms with Crippen LogP contribution in [0.15, 0.2) is 23.7 Å². The van der Waals surface area contributed by atoms with Crippen molar-refractivity contribution in [1.82, 2.24) is 14.9 Å². The highest BCUT2D eigenvalue weighted by molar-refractivity contribution is 7.09. The summed E-state index contributed by atoms with van der Waals surface area (Å²) in [6, 6.07) is 4.37. The summed E-state index contributed by atoms with van der Waals surface area (Å²) < 4.78 is 0. The molecule has 1 saturated carbocycles. The number of carbonyl (C=O) groups is 1. The molecule has 0 aromatic carbocycles. The molecule has 1 aliphatic carbocycles. The SMILES string of the molecule is Cc1csc(C2CCCN(C(=O)c3ccc(NC4CC4)nc3)C2)n1. The molecule has 0 radical (unpaired) electrons. The van der Waals surface area contributed by atoms with E-state index >= 15 is 0 Å². The van der Waals surface area contributed by atoms with Crippen molar-refractivity contribution in [3.8, 4) is 0 Å². The van der Waals surface area contributed by atoms with E-state index in [1.54, 1.807) is 17.5 Å². The molecule has 1 saturated heterocycles. The van der Waals surface area contributed by atoms with Crippen LogP contribution in [0.5, 0.6) is 0 Å². The molecular formula is C18H22N4OS. The van der Waals surface area contributed by atoms with Crippen LogP contribution in [0.1, 0.15) is 52.7 Å². The number of nitrogens with one attached hydrogen (secondary N) is 1. The Balaban J connectivity index is 1.43. The van der Waals surface area contributed by atoms with Crippen molar-refractivity contribution < 1.29 is 4.79 Å². The summed E-state index contributed by atoms with van der Waals surface area (Å²) in [5.74, 6) is 1.31. The molecule has 1 N–H and O–H groups in total. The number of amides is 1. The van der Waals surface area contributed by atoms with Crippen LogP contribution in [-0.4, -0.2) is 39.9 Å². The Bertz CT molecular complexity index is 723. The van der Waals surface area contributed by atoms with Crippen LogP contribution in [0.2, 0.25) is 0 Å². The normalized spacial score (nSPS) is 20.9. The van der Waals surface area contributed by atoms with Crippen LogP contribution < -0.4 is 5.32 Å². The highest BCUT2D eigenvalue weighted by Crippen LogP contribution is 2.30. The standard InChI is InChI=1S/C18H22N4OS/c1-12-11-24-17(20-12)14-3-2-8-22(10-14)18(23)13-4-7-16(19-9-13)21-15-5-6-15/h4,7,9,11,14-15H,2-3,5-6,8,10H2,1H3,(H,19,21). The van der Waals surface area contributed by atoms with Gasteiger partial charge in [-0.3, -0.25) is 4.79 Å². The van der Waals surface area contributed by atoms with Crippen molar-refractivity contribution in [3.63, 3.8) is 0 Å². The van der Waals surface area contributed by atoms with E-state index in [1.165, 1.54) is 12.8 Å². The third-order valence-corrected chi connectivity index (χ3v) is 5.76. The van der Waals surface area contributed by atoms with Gasteiger partial charge in [0.1, 0.15) is 5.82 Å². The van der Waals surface area contributed by atoms with Crippen LogP contribution in [0.4, 0.5) is 5.82 Å². The van der Waals surface area contributed by atoms with Crippen molar-refractivity contribution in [2.75, 3.05) is 18.4 Å². The Hall–Kier alpha value is -1.95. The van der Waals surface area contributed by atoms with Crippen LogP contribution in [-0.2, 0) is 0 Å². The number of nitrogens with zero attached hydrogens (tertiary/aromatic N) is 3. The maximum Gasteiger partial charge on any atom is 0.255 e. The van der Waals surface area contributed by atoms with Gasteiger partial charge in [-0.25, -0.2) is 9.97 Å². The van der Waals surface area contributed by atoms with Gasteiger partial charge in [0.2, 0.25) is 0 Å². The molecule has 5 nitrogen and oxygen atoms in total. The highest BCUT2D eigenvalue weighted by Gasteiger charge is 2.27. The number of hydrogen-bond acceptors (Lipinski definition) is 5. The average Bonchev–Trinajstić information content (AvgIpc) is 3.32. The van der Waals surface area contributed by atoms with Gasteiger partial charge in [0.25, 0.3) is 5.91 Å². The first-order valence-corrected chi connectivity index (χ1v) is 9.51. The Morgan fingerprint density at radius 2 is 2.21 bits per heavy atom. The summed E-state index contributed by atoms with van der Waals surface area (Å²) in [6.07, 6.45) is 6.27. The number of aryl methyl sites for hydroxylation is 1. The van der Waals surface area contributed by atoms with Crippen LogP contribution in [0, 0.1) is 6.92 Å². The van der Waals surface area contributed by atoms with E-state index in [-0.39, 0.29) is 5.91 Å². The van der Waals surface area contributed by atoms with Gasteiger partial charge in [-0.05, 0) is 44.7 Å². The summed E-state index contributed by atoms with van der Waals surface area (Å²) in [4.78, 5) is 23.7. The lowest BCUT2D eigenvalue weighted by Gasteiger charge is -2.31. The molecule has 2 aromatic heterocycles. The molecule has 24 heavy (non-hydrogen) atoms. The molecule has 1 aliphatic heterocycles. The minimum Gasteiger partial charge on any atom is -0.367 e. The van der Waals surface area contributed by atoms with E-state index in [0.717, 1.165) is 42.5 Å². The van der Waals surface area contributed by atoms with Crippen molar-refractivity contribution in [3.05, 3.63) is 40.0 Å². The van der Waals surface area contributed by atoms with Gasteiger partial charge in [0.05, 0.1) is 10.6 Å². The number of aromatic nitrogens is 2. The second kappa shape index (κ2) is 6.51. The van der Waals surface area contributed by atoms with Gasteiger partial charge in [0, 0.05) is 42.3 Å². The summed E-state index contributed by atoms with van der Waals surface area (Å²) in [7, 11) is 0. The summed E-state index contributed by atoms with van der Waals surface area (Å²) in [5, 5.41) is 6.60. The molecule has 126 valence electrons. The molecule has 1 unspecified atom stereocenters. The minimum absolute atomic E-state index is 0.0819. The number of piperidine rings is 1. The summed E-state index contributed by atoms with van der Waals surface area (Å²) >= 11 is 1.71. The molecule has 1 amide bonds. The van der Waals surface area contributed by atoms with E-state index in [1.807, 2.05) is 24.0 Å². The fourth-order valence-electron chi connectivity index (χ4n) is 3.15. The molecule has 0 bridgehead atoms. The van der Waals surface area contributed by atoms with Gasteiger partial charge >= 0.3 is 0 Å². The second-order valence-corrected chi connectivity index (χ2v) is 7.66. The Labute approximate surface area is 146 Å². The summed E-state index contributed by atoms with van der Waals surface area (Å²) in [5.41, 5.74) is 1.74. The maximum atomic E-state index is 12.8. The molecule has 4 rings (SSSR count). The fraction of sp³-hybridized carbons (Fsp3) is 0.500. The van der Waals surface area contributed by atoms with Crippen LogP contribution in [0.3, 0.4) is 0 Å². The quantitative estimate of drug-likeness (QED) is 0.925. The summed E-state index contributed by atoms with van der Waals surface area (Å²) in [6.45, 7) is 3.60. The maximum absolute atomic E-state index is 12.8. The van der Waals surface area contributed by atoms with Gasteiger partial charge in [-0.1, -0.05) is 0 Å². The topological polar surface area (TPSA) is 58.1 Å². The number of anilines is 1. The van der Waals surface area contributed by atoms with Crippen LogP contribution >= 0.6 is 11.3 Å².